The van der Waals surface area contributed by atoms with Crippen LogP contribution in [0.15, 0.2) is 89.8 Å². The first kappa shape index (κ1) is 28.1. The van der Waals surface area contributed by atoms with Gasteiger partial charge in [-0.3, -0.25) is 4.79 Å². The molecule has 1 saturated carbocycles. The molecule has 1 N–H and O–H groups in total. The lowest BCUT2D eigenvalue weighted by Gasteiger charge is -2.44. The van der Waals surface area contributed by atoms with Gasteiger partial charge in [-0.2, -0.15) is 4.31 Å². The number of halogens is 1. The van der Waals surface area contributed by atoms with Gasteiger partial charge in [0.05, 0.1) is 10.9 Å². The minimum atomic E-state index is -4.00. The third kappa shape index (κ3) is 5.33. The lowest BCUT2D eigenvalue weighted by Crippen LogP contribution is -2.65. The summed E-state index contributed by atoms with van der Waals surface area (Å²) in [5.41, 5.74) is 0. The van der Waals surface area contributed by atoms with E-state index in [9.17, 15) is 18.0 Å². The Kier molecular flexibility index (Phi) is 7.78. The highest BCUT2D eigenvalue weighted by Crippen LogP contribution is 2.44. The normalized spacial score (nSPS) is 21.0. The molecule has 6 nitrogen and oxygen atoms in total. The Morgan fingerprint density at radius 3 is 2.00 bits per heavy atom. The van der Waals surface area contributed by atoms with Crippen LogP contribution in [-0.4, -0.2) is 50.5 Å². The summed E-state index contributed by atoms with van der Waals surface area (Å²) in [5, 5.41) is 1.54. The number of cyclic esters (lactones) is 1. The summed E-state index contributed by atoms with van der Waals surface area (Å²) in [4.78, 5) is 25.9. The molecular formula is C30H34ClNO5SSi. The van der Waals surface area contributed by atoms with E-state index in [1.807, 2.05) is 74.5 Å². The number of nitrogens with zero attached hydrogens (tertiary/aromatic N) is 1. The van der Waals surface area contributed by atoms with Crippen LogP contribution < -0.4 is 10.4 Å². The number of rotatable bonds is 9. The van der Waals surface area contributed by atoms with E-state index in [-0.39, 0.29) is 23.8 Å². The molecule has 2 atom stereocenters. The number of morpholine rings is 1. The Morgan fingerprint density at radius 1 is 0.949 bits per heavy atom. The summed E-state index contributed by atoms with van der Waals surface area (Å²) in [7, 11) is -7.34. The van der Waals surface area contributed by atoms with E-state index >= 15 is 0 Å². The van der Waals surface area contributed by atoms with Crippen LogP contribution in [0.5, 0.6) is 0 Å². The maximum Gasteiger partial charge on any atom is 0.324 e. The summed E-state index contributed by atoms with van der Waals surface area (Å²) in [6, 6.07) is 24.0. The van der Waals surface area contributed by atoms with Crippen molar-refractivity contribution in [3.63, 3.8) is 0 Å². The fourth-order valence-corrected chi connectivity index (χ4v) is 11.5. The maximum absolute atomic E-state index is 14.0. The molecule has 2 fully saturated rings. The quantitative estimate of drug-likeness (QED) is 0.299. The SMILES string of the molecule is CC(C)(CC[C@H]1C(=O)OC[C@@H](C2CC2)N1S(=O)(=O)c1ccc(Cl)cc1)[Si](O)(c1ccccc1)c1ccccc1. The van der Waals surface area contributed by atoms with Crippen LogP contribution in [0.25, 0.3) is 0 Å². The molecule has 3 aromatic carbocycles. The second-order valence-electron chi connectivity index (χ2n) is 11.2. The van der Waals surface area contributed by atoms with Crippen LogP contribution >= 0.6 is 11.6 Å². The van der Waals surface area contributed by atoms with Crippen molar-refractivity contribution in [2.24, 2.45) is 5.92 Å². The van der Waals surface area contributed by atoms with Crippen LogP contribution in [0.1, 0.15) is 39.5 Å². The molecule has 1 saturated heterocycles. The van der Waals surface area contributed by atoms with Crippen molar-refractivity contribution in [1.29, 1.82) is 0 Å². The van der Waals surface area contributed by atoms with Crippen molar-refractivity contribution < 1.29 is 22.7 Å². The van der Waals surface area contributed by atoms with Gasteiger partial charge in [0.2, 0.25) is 10.0 Å². The average molecular weight is 584 g/mol. The first-order chi connectivity index (χ1) is 18.6. The van der Waals surface area contributed by atoms with Gasteiger partial charge in [-0.05, 0) is 71.3 Å². The fourth-order valence-electron chi connectivity index (χ4n) is 5.80. The van der Waals surface area contributed by atoms with E-state index in [2.05, 4.69) is 0 Å². The monoisotopic (exact) mass is 583 g/mol. The minimum absolute atomic E-state index is 0.0585. The number of hydrogen-bond donors (Lipinski definition) is 1. The van der Waals surface area contributed by atoms with Gasteiger partial charge in [0.15, 0.2) is 0 Å². The molecule has 206 valence electrons. The molecule has 0 aromatic heterocycles. The van der Waals surface area contributed by atoms with Gasteiger partial charge in [-0.15, -0.1) is 0 Å². The van der Waals surface area contributed by atoms with Crippen LogP contribution in [0, 0.1) is 5.92 Å². The molecule has 1 heterocycles. The van der Waals surface area contributed by atoms with E-state index < -0.39 is 41.4 Å². The molecule has 9 heteroatoms. The van der Waals surface area contributed by atoms with Crippen molar-refractivity contribution in [1.82, 2.24) is 4.31 Å². The lowest BCUT2D eigenvalue weighted by molar-refractivity contribution is -0.158. The van der Waals surface area contributed by atoms with Gasteiger partial charge >= 0.3 is 5.97 Å². The van der Waals surface area contributed by atoms with Crippen molar-refractivity contribution in [2.75, 3.05) is 6.61 Å². The van der Waals surface area contributed by atoms with E-state index in [0.29, 0.717) is 11.4 Å². The van der Waals surface area contributed by atoms with Crippen molar-refractivity contribution >= 4 is 46.3 Å². The third-order valence-electron chi connectivity index (χ3n) is 8.26. The molecule has 0 radical (unpaired) electrons. The summed E-state index contributed by atoms with van der Waals surface area (Å²) in [5.74, 6) is -0.375. The first-order valence-electron chi connectivity index (χ1n) is 13.3. The summed E-state index contributed by atoms with van der Waals surface area (Å²) < 4.78 is 35.0. The Labute approximate surface area is 236 Å². The van der Waals surface area contributed by atoms with E-state index in [1.54, 1.807) is 12.1 Å². The largest absolute Gasteiger partial charge is 0.463 e. The molecule has 1 aliphatic heterocycles. The molecule has 5 rings (SSSR count). The van der Waals surface area contributed by atoms with Crippen LogP contribution in [-0.2, 0) is 19.6 Å². The Bertz CT molecular complexity index is 1370. The third-order valence-corrected chi connectivity index (χ3v) is 15.0. The van der Waals surface area contributed by atoms with Gasteiger partial charge in [0.25, 0.3) is 8.32 Å². The second kappa shape index (κ2) is 10.8. The van der Waals surface area contributed by atoms with Gasteiger partial charge in [0, 0.05) is 5.02 Å². The number of carbonyl (C=O) groups is 1. The van der Waals surface area contributed by atoms with Gasteiger partial charge in [0.1, 0.15) is 12.6 Å². The Balaban J connectivity index is 1.50. The molecule has 1 aliphatic carbocycles. The molecule has 0 bridgehead atoms. The van der Waals surface area contributed by atoms with Gasteiger partial charge in [-0.25, -0.2) is 8.42 Å². The number of benzene rings is 3. The highest BCUT2D eigenvalue weighted by molar-refractivity contribution is 7.89. The van der Waals surface area contributed by atoms with E-state index in [0.717, 1.165) is 23.2 Å². The zero-order valence-electron chi connectivity index (χ0n) is 22.2. The predicted octanol–water partition coefficient (Wildman–Crippen LogP) is 4.35. The number of ether oxygens (including phenoxy) is 1. The fraction of sp³-hybridized carbons (Fsp3) is 0.367. The molecule has 2 aliphatic rings. The maximum atomic E-state index is 14.0. The van der Waals surface area contributed by atoms with Crippen LogP contribution in [0.4, 0.5) is 0 Å². The number of sulfonamides is 1. The standard InChI is InChI=1S/C30H34ClNO5SSi/c1-30(2,39(36,25-9-5-3-6-10-25)26-11-7-4-8-12-26)20-19-27-29(33)37-21-28(22-13-14-22)32(27)38(34,35)24-17-15-23(31)16-18-24/h3-12,15-18,22,27-28,36H,13-14,19-21H2,1-2H3/t27-,28-/m0/s1. The topological polar surface area (TPSA) is 83.9 Å². The zero-order chi connectivity index (χ0) is 27.8. The highest BCUT2D eigenvalue weighted by atomic mass is 35.5. The zero-order valence-corrected chi connectivity index (χ0v) is 24.7. The van der Waals surface area contributed by atoms with Crippen molar-refractivity contribution in [3.05, 3.63) is 90.0 Å². The van der Waals surface area contributed by atoms with E-state index in [4.69, 9.17) is 16.3 Å². The molecule has 0 unspecified atom stereocenters. The summed E-state index contributed by atoms with van der Waals surface area (Å²) in [6.45, 7) is 4.09. The Morgan fingerprint density at radius 2 is 1.49 bits per heavy atom. The Hall–Kier alpha value is -2.49. The minimum Gasteiger partial charge on any atom is -0.463 e. The first-order valence-corrected chi connectivity index (χ1v) is 17.1. The van der Waals surface area contributed by atoms with Crippen LogP contribution in [0.3, 0.4) is 0 Å². The van der Waals surface area contributed by atoms with E-state index in [1.165, 1.54) is 16.4 Å². The molecule has 0 amide bonds. The van der Waals surface area contributed by atoms with Gasteiger partial charge in [-0.1, -0.05) is 86.1 Å². The number of esters is 1. The average Bonchev–Trinajstić information content (AvgIpc) is 3.78. The molecular weight excluding hydrogens is 550 g/mol. The number of hydrogen-bond acceptors (Lipinski definition) is 5. The summed E-state index contributed by atoms with van der Waals surface area (Å²) in [6.07, 6.45) is 2.46. The second-order valence-corrected chi connectivity index (χ2v) is 17.4. The lowest BCUT2D eigenvalue weighted by atomic mass is 9.99. The molecule has 0 spiro atoms. The van der Waals surface area contributed by atoms with Crippen molar-refractivity contribution in [3.8, 4) is 0 Å². The highest BCUT2D eigenvalue weighted by Gasteiger charge is 2.53. The molecule has 3 aromatic rings. The molecule has 39 heavy (non-hydrogen) atoms. The van der Waals surface area contributed by atoms with Gasteiger partial charge < -0.3 is 9.53 Å². The van der Waals surface area contributed by atoms with Crippen molar-refractivity contribution in [2.45, 2.75) is 61.5 Å². The smallest absolute Gasteiger partial charge is 0.324 e. The summed E-state index contributed by atoms with van der Waals surface area (Å²) >= 11 is 6.03. The number of carbonyl (C=O) groups excluding carboxylic acids is 1. The predicted molar refractivity (Wildman–Crippen MR) is 155 cm³/mol. The van der Waals surface area contributed by atoms with Crippen LogP contribution in [0.2, 0.25) is 10.1 Å².